The molecule has 8 heteroatoms. The van der Waals surface area contributed by atoms with E-state index in [0.717, 1.165) is 59.7 Å². The molecule has 0 atom stereocenters. The van der Waals surface area contributed by atoms with E-state index in [0.29, 0.717) is 31.1 Å². The van der Waals surface area contributed by atoms with E-state index in [9.17, 15) is 4.79 Å². The third-order valence-corrected chi connectivity index (χ3v) is 6.39. The van der Waals surface area contributed by atoms with Gasteiger partial charge in [-0.2, -0.15) is 4.98 Å². The van der Waals surface area contributed by atoms with Gasteiger partial charge in [0.15, 0.2) is 0 Å². The number of carbonyl (C=O) groups excluding carboxylic acids is 1. The van der Waals surface area contributed by atoms with Crippen LogP contribution in [0.15, 0.2) is 59.1 Å². The van der Waals surface area contributed by atoms with Crippen molar-refractivity contribution in [2.45, 2.75) is 45.6 Å². The summed E-state index contributed by atoms with van der Waals surface area (Å²) >= 11 is 0. The summed E-state index contributed by atoms with van der Waals surface area (Å²) in [6, 6.07) is 17.7. The monoisotopic (exact) mass is 485 g/mol. The molecular formula is C28H31N5O3. The van der Waals surface area contributed by atoms with Gasteiger partial charge in [-0.15, -0.1) is 0 Å². The van der Waals surface area contributed by atoms with Crippen molar-refractivity contribution in [2.75, 3.05) is 24.6 Å². The Morgan fingerprint density at radius 1 is 1.03 bits per heavy atom. The molecule has 8 nitrogen and oxygen atoms in total. The van der Waals surface area contributed by atoms with Gasteiger partial charge in [-0.25, -0.2) is 4.98 Å². The van der Waals surface area contributed by atoms with Crippen molar-refractivity contribution in [3.8, 4) is 17.0 Å². The lowest BCUT2D eigenvalue weighted by atomic mass is 10.1. The quantitative estimate of drug-likeness (QED) is 0.360. The van der Waals surface area contributed by atoms with Crippen LogP contribution in [0.3, 0.4) is 0 Å². The molecule has 4 aromatic rings. The number of ether oxygens (including phenoxy) is 1. The predicted octanol–water partition coefficient (Wildman–Crippen LogP) is 4.92. The lowest BCUT2D eigenvalue weighted by molar-refractivity contribution is -0.121. The van der Waals surface area contributed by atoms with Crippen LogP contribution in [0, 0.1) is 0 Å². The first-order valence-corrected chi connectivity index (χ1v) is 12.7. The zero-order chi connectivity index (χ0) is 24.7. The standard InChI is InChI=1S/C28H31N5O3/c1-2-35-22-14-8-7-13-21(22)19-29-24(34)16-15-23-30-27(33-17-9-4-10-18-33)25-26(32-36-28(25)31-23)20-11-5-3-6-12-20/h3,5-8,11-14H,2,4,9-10,15-19H2,1H3,(H,29,34). The first kappa shape index (κ1) is 23.8. The largest absolute Gasteiger partial charge is 0.494 e. The van der Waals surface area contributed by atoms with Gasteiger partial charge in [-0.1, -0.05) is 53.7 Å². The van der Waals surface area contributed by atoms with Crippen LogP contribution in [0.1, 0.15) is 44.0 Å². The molecule has 2 aromatic heterocycles. The number of carbonyl (C=O) groups is 1. The maximum absolute atomic E-state index is 12.6. The molecule has 1 fully saturated rings. The number of anilines is 1. The summed E-state index contributed by atoms with van der Waals surface area (Å²) in [5.41, 5.74) is 3.14. The number of rotatable bonds is 9. The van der Waals surface area contributed by atoms with Crippen molar-refractivity contribution in [1.29, 1.82) is 0 Å². The number of aryl methyl sites for hydroxylation is 1. The molecule has 0 aliphatic carbocycles. The van der Waals surface area contributed by atoms with Crippen LogP contribution < -0.4 is 15.0 Å². The summed E-state index contributed by atoms with van der Waals surface area (Å²) in [5, 5.41) is 8.17. The van der Waals surface area contributed by atoms with Crippen LogP contribution in [0.5, 0.6) is 5.75 Å². The van der Waals surface area contributed by atoms with Gasteiger partial charge >= 0.3 is 0 Å². The summed E-state index contributed by atoms with van der Waals surface area (Å²) in [4.78, 5) is 24.5. The smallest absolute Gasteiger partial charge is 0.263 e. The average Bonchev–Trinajstić information content (AvgIpc) is 3.36. The van der Waals surface area contributed by atoms with Crippen LogP contribution in [-0.2, 0) is 17.8 Å². The van der Waals surface area contributed by atoms with E-state index in [4.69, 9.17) is 14.2 Å². The van der Waals surface area contributed by atoms with E-state index in [1.807, 2.05) is 61.5 Å². The normalized spacial score (nSPS) is 13.6. The summed E-state index contributed by atoms with van der Waals surface area (Å²) in [6.45, 7) is 4.81. The number of piperidine rings is 1. The number of nitrogens with zero attached hydrogens (tertiary/aromatic N) is 4. The SMILES string of the molecule is CCOc1ccccc1CNC(=O)CCc1nc(N2CCCCC2)c2c(-c3ccccc3)noc2n1. The Bertz CT molecular complexity index is 1320. The van der Waals surface area contributed by atoms with Crippen molar-refractivity contribution in [2.24, 2.45) is 0 Å². The highest BCUT2D eigenvalue weighted by Crippen LogP contribution is 2.34. The van der Waals surface area contributed by atoms with Gasteiger partial charge < -0.3 is 19.5 Å². The highest BCUT2D eigenvalue weighted by molar-refractivity contribution is 5.98. The minimum absolute atomic E-state index is 0.0629. The Morgan fingerprint density at radius 3 is 2.61 bits per heavy atom. The minimum atomic E-state index is -0.0629. The second-order valence-electron chi connectivity index (χ2n) is 8.91. The van der Waals surface area contributed by atoms with Crippen molar-refractivity contribution >= 4 is 22.8 Å². The molecule has 1 N–H and O–H groups in total. The van der Waals surface area contributed by atoms with E-state index in [1.54, 1.807) is 0 Å². The molecule has 36 heavy (non-hydrogen) atoms. The van der Waals surface area contributed by atoms with Crippen LogP contribution in [-0.4, -0.2) is 40.7 Å². The van der Waals surface area contributed by atoms with Crippen molar-refractivity contribution in [3.05, 3.63) is 66.0 Å². The first-order valence-electron chi connectivity index (χ1n) is 12.7. The zero-order valence-corrected chi connectivity index (χ0v) is 20.6. The Balaban J connectivity index is 1.34. The third-order valence-electron chi connectivity index (χ3n) is 6.39. The number of hydrogen-bond donors (Lipinski definition) is 1. The van der Waals surface area contributed by atoms with E-state index >= 15 is 0 Å². The van der Waals surface area contributed by atoms with Crippen LogP contribution >= 0.6 is 0 Å². The number of para-hydroxylation sites is 1. The number of benzene rings is 2. The predicted molar refractivity (Wildman–Crippen MR) is 139 cm³/mol. The van der Waals surface area contributed by atoms with Crippen molar-refractivity contribution in [1.82, 2.24) is 20.4 Å². The second-order valence-corrected chi connectivity index (χ2v) is 8.91. The molecule has 0 spiro atoms. The van der Waals surface area contributed by atoms with Crippen LogP contribution in [0.2, 0.25) is 0 Å². The van der Waals surface area contributed by atoms with E-state index in [1.165, 1.54) is 6.42 Å². The van der Waals surface area contributed by atoms with Crippen LogP contribution in [0.25, 0.3) is 22.4 Å². The number of hydrogen-bond acceptors (Lipinski definition) is 7. The van der Waals surface area contributed by atoms with E-state index in [2.05, 4.69) is 20.4 Å². The van der Waals surface area contributed by atoms with Gasteiger partial charge in [-0.3, -0.25) is 4.79 Å². The Kier molecular flexibility index (Phi) is 7.40. The first-order chi connectivity index (χ1) is 17.7. The van der Waals surface area contributed by atoms with E-state index < -0.39 is 0 Å². The Morgan fingerprint density at radius 2 is 1.81 bits per heavy atom. The maximum atomic E-state index is 12.6. The average molecular weight is 486 g/mol. The lowest BCUT2D eigenvalue weighted by Gasteiger charge is -2.28. The maximum Gasteiger partial charge on any atom is 0.263 e. The molecule has 2 aromatic carbocycles. The van der Waals surface area contributed by atoms with Gasteiger partial charge in [0, 0.05) is 43.6 Å². The fraction of sp³-hybridized carbons (Fsp3) is 0.357. The summed E-state index contributed by atoms with van der Waals surface area (Å²) in [5.74, 6) is 2.16. The highest BCUT2D eigenvalue weighted by atomic mass is 16.5. The van der Waals surface area contributed by atoms with Gasteiger partial charge in [0.05, 0.1) is 6.61 Å². The summed E-state index contributed by atoms with van der Waals surface area (Å²) in [6.07, 6.45) is 4.16. The van der Waals surface area contributed by atoms with Crippen molar-refractivity contribution in [3.63, 3.8) is 0 Å². The second kappa shape index (κ2) is 11.2. The molecule has 1 aliphatic rings. The van der Waals surface area contributed by atoms with Gasteiger partial charge in [0.1, 0.15) is 28.5 Å². The van der Waals surface area contributed by atoms with Gasteiger partial charge in [0.25, 0.3) is 5.71 Å². The topological polar surface area (TPSA) is 93.4 Å². The Hall–Kier alpha value is -3.94. The molecule has 0 radical (unpaired) electrons. The Labute approximate surface area is 210 Å². The molecule has 1 amide bonds. The number of fused-ring (bicyclic) bond motifs is 1. The molecule has 0 saturated carbocycles. The highest BCUT2D eigenvalue weighted by Gasteiger charge is 2.24. The molecule has 186 valence electrons. The zero-order valence-electron chi connectivity index (χ0n) is 20.6. The lowest BCUT2D eigenvalue weighted by Crippen LogP contribution is -2.30. The van der Waals surface area contributed by atoms with E-state index in [-0.39, 0.29) is 12.3 Å². The van der Waals surface area contributed by atoms with Gasteiger partial charge in [0.2, 0.25) is 5.91 Å². The number of nitrogens with one attached hydrogen (secondary N) is 1. The number of aromatic nitrogens is 3. The molecule has 1 aliphatic heterocycles. The van der Waals surface area contributed by atoms with Crippen molar-refractivity contribution < 1.29 is 14.1 Å². The molecule has 0 unspecified atom stereocenters. The summed E-state index contributed by atoms with van der Waals surface area (Å²) in [7, 11) is 0. The minimum Gasteiger partial charge on any atom is -0.494 e. The molecular weight excluding hydrogens is 454 g/mol. The third kappa shape index (κ3) is 5.32. The molecule has 0 bridgehead atoms. The summed E-state index contributed by atoms with van der Waals surface area (Å²) < 4.78 is 11.3. The van der Waals surface area contributed by atoms with Gasteiger partial charge in [-0.05, 0) is 32.3 Å². The number of amides is 1. The molecule has 1 saturated heterocycles. The van der Waals surface area contributed by atoms with Crippen LogP contribution in [0.4, 0.5) is 5.82 Å². The fourth-order valence-corrected chi connectivity index (χ4v) is 4.57. The molecule has 3 heterocycles. The fourth-order valence-electron chi connectivity index (χ4n) is 4.57. The molecule has 5 rings (SSSR count).